The van der Waals surface area contributed by atoms with E-state index in [1.54, 1.807) is 25.1 Å². The van der Waals surface area contributed by atoms with Crippen molar-refractivity contribution in [1.29, 1.82) is 0 Å². The second-order valence-corrected chi connectivity index (χ2v) is 7.60. The van der Waals surface area contributed by atoms with Gasteiger partial charge in [-0.3, -0.25) is 14.3 Å². The number of hydrogen-bond donors (Lipinski definition) is 2. The molecule has 1 aromatic rings. The van der Waals surface area contributed by atoms with Crippen LogP contribution in [0.1, 0.15) is 28.8 Å². The SMILES string of the molecule is Cc1ccc(NS(C)(=O)=O)c(C(=O)N2CCCC(C(=O)O)C2)c1. The number of anilines is 1. The molecule has 0 aromatic heterocycles. The average Bonchev–Trinajstić information content (AvgIpc) is 2.47. The number of aliphatic carboxylic acids is 1. The van der Waals surface area contributed by atoms with E-state index >= 15 is 0 Å². The zero-order valence-electron chi connectivity index (χ0n) is 13.1. The molecule has 1 aliphatic heterocycles. The van der Waals surface area contributed by atoms with Crippen LogP contribution in [0.2, 0.25) is 0 Å². The molecule has 1 amide bonds. The number of benzene rings is 1. The molecule has 8 heteroatoms. The van der Waals surface area contributed by atoms with Crippen LogP contribution in [-0.2, 0) is 14.8 Å². The van der Waals surface area contributed by atoms with Crippen molar-refractivity contribution in [3.63, 3.8) is 0 Å². The van der Waals surface area contributed by atoms with Crippen LogP contribution in [0.4, 0.5) is 5.69 Å². The van der Waals surface area contributed by atoms with Gasteiger partial charge in [0.2, 0.25) is 10.0 Å². The Labute approximate surface area is 135 Å². The Bertz CT molecular complexity index is 729. The van der Waals surface area contributed by atoms with Gasteiger partial charge in [-0.1, -0.05) is 11.6 Å². The number of carboxylic acids is 1. The van der Waals surface area contributed by atoms with E-state index in [0.29, 0.717) is 19.4 Å². The highest BCUT2D eigenvalue weighted by molar-refractivity contribution is 7.92. The highest BCUT2D eigenvalue weighted by Crippen LogP contribution is 2.24. The number of hydrogen-bond acceptors (Lipinski definition) is 4. The van der Waals surface area contributed by atoms with E-state index in [0.717, 1.165) is 11.8 Å². The molecule has 7 nitrogen and oxygen atoms in total. The lowest BCUT2D eigenvalue weighted by Crippen LogP contribution is -2.42. The van der Waals surface area contributed by atoms with Crippen molar-refractivity contribution in [2.45, 2.75) is 19.8 Å². The molecule has 126 valence electrons. The fraction of sp³-hybridized carbons (Fsp3) is 0.467. The lowest BCUT2D eigenvalue weighted by atomic mass is 9.97. The fourth-order valence-electron chi connectivity index (χ4n) is 2.66. The fourth-order valence-corrected chi connectivity index (χ4v) is 3.23. The zero-order chi connectivity index (χ0) is 17.2. The minimum atomic E-state index is -3.52. The first-order chi connectivity index (χ1) is 10.7. The minimum Gasteiger partial charge on any atom is -0.481 e. The topological polar surface area (TPSA) is 104 Å². The Balaban J connectivity index is 2.31. The van der Waals surface area contributed by atoms with Gasteiger partial charge in [0.05, 0.1) is 23.4 Å². The normalized spacial score (nSPS) is 18.5. The third-order valence-electron chi connectivity index (χ3n) is 3.76. The maximum absolute atomic E-state index is 12.7. The number of piperidine rings is 1. The van der Waals surface area contributed by atoms with Gasteiger partial charge < -0.3 is 10.0 Å². The molecule has 23 heavy (non-hydrogen) atoms. The Hall–Kier alpha value is -2.09. The highest BCUT2D eigenvalue weighted by atomic mass is 32.2. The van der Waals surface area contributed by atoms with Gasteiger partial charge in [0.1, 0.15) is 0 Å². The molecular weight excluding hydrogens is 320 g/mol. The summed E-state index contributed by atoms with van der Waals surface area (Å²) < 4.78 is 25.3. The molecule has 1 aliphatic rings. The van der Waals surface area contributed by atoms with Crippen LogP contribution in [0, 0.1) is 12.8 Å². The van der Waals surface area contributed by atoms with Gasteiger partial charge in [-0.05, 0) is 31.9 Å². The number of nitrogens with one attached hydrogen (secondary N) is 1. The largest absolute Gasteiger partial charge is 0.481 e. The maximum Gasteiger partial charge on any atom is 0.308 e. The first-order valence-electron chi connectivity index (χ1n) is 7.28. The van der Waals surface area contributed by atoms with Gasteiger partial charge in [-0.2, -0.15) is 0 Å². The molecule has 1 unspecified atom stereocenters. The summed E-state index contributed by atoms with van der Waals surface area (Å²) >= 11 is 0. The van der Waals surface area contributed by atoms with Crippen LogP contribution >= 0.6 is 0 Å². The van der Waals surface area contributed by atoms with Crippen LogP contribution in [0.5, 0.6) is 0 Å². The number of carbonyl (C=O) groups is 2. The van der Waals surface area contributed by atoms with Crippen molar-refractivity contribution in [2.75, 3.05) is 24.1 Å². The van der Waals surface area contributed by atoms with E-state index in [-0.39, 0.29) is 23.7 Å². The summed E-state index contributed by atoms with van der Waals surface area (Å²) in [5.41, 5.74) is 1.27. The molecule has 1 fully saturated rings. The number of rotatable bonds is 4. The standard InChI is InChI=1S/C15H20N2O5S/c1-10-5-6-13(16-23(2,21)22)12(8-10)14(18)17-7-3-4-11(9-17)15(19)20/h5-6,8,11,16H,3-4,7,9H2,1-2H3,(H,19,20). The molecule has 2 rings (SSSR count). The summed E-state index contributed by atoms with van der Waals surface area (Å²) in [7, 11) is -3.52. The molecule has 0 saturated carbocycles. The molecule has 2 N–H and O–H groups in total. The van der Waals surface area contributed by atoms with Crippen LogP contribution < -0.4 is 4.72 Å². The quantitative estimate of drug-likeness (QED) is 0.860. The monoisotopic (exact) mass is 340 g/mol. The van der Waals surface area contributed by atoms with E-state index in [9.17, 15) is 18.0 Å². The van der Waals surface area contributed by atoms with Crippen LogP contribution in [0.15, 0.2) is 18.2 Å². The first kappa shape index (κ1) is 17.3. The number of sulfonamides is 1. The molecule has 1 atom stereocenters. The molecule has 0 aliphatic carbocycles. The van der Waals surface area contributed by atoms with Gasteiger partial charge in [0.25, 0.3) is 5.91 Å². The van der Waals surface area contributed by atoms with Crippen molar-refractivity contribution in [3.05, 3.63) is 29.3 Å². The lowest BCUT2D eigenvalue weighted by Gasteiger charge is -2.31. The van der Waals surface area contributed by atoms with E-state index < -0.39 is 21.9 Å². The minimum absolute atomic E-state index is 0.139. The molecule has 0 bridgehead atoms. The van der Waals surface area contributed by atoms with Crippen molar-refractivity contribution in [3.8, 4) is 0 Å². The number of carboxylic acid groups (broad SMARTS) is 1. The van der Waals surface area contributed by atoms with Crippen molar-refractivity contribution >= 4 is 27.6 Å². The number of likely N-dealkylation sites (tertiary alicyclic amines) is 1. The number of amides is 1. The van der Waals surface area contributed by atoms with Crippen LogP contribution in [0.3, 0.4) is 0 Å². The summed E-state index contributed by atoms with van der Waals surface area (Å²) in [6, 6.07) is 4.86. The third-order valence-corrected chi connectivity index (χ3v) is 4.35. The Morgan fingerprint density at radius 1 is 1.35 bits per heavy atom. The van der Waals surface area contributed by atoms with Gasteiger partial charge in [0.15, 0.2) is 0 Å². The first-order valence-corrected chi connectivity index (χ1v) is 9.17. The second-order valence-electron chi connectivity index (χ2n) is 5.85. The Kier molecular flexibility index (Phi) is 4.93. The summed E-state index contributed by atoms with van der Waals surface area (Å²) in [6.45, 7) is 2.41. The van der Waals surface area contributed by atoms with Crippen molar-refractivity contribution in [1.82, 2.24) is 4.90 Å². The predicted octanol–water partition coefficient (Wildman–Crippen LogP) is 1.30. The summed E-state index contributed by atoms with van der Waals surface area (Å²) in [5.74, 6) is -1.85. The van der Waals surface area contributed by atoms with Gasteiger partial charge in [-0.15, -0.1) is 0 Å². The summed E-state index contributed by atoms with van der Waals surface area (Å²) in [5, 5.41) is 9.13. The van der Waals surface area contributed by atoms with E-state index in [4.69, 9.17) is 5.11 Å². The number of aryl methyl sites for hydroxylation is 1. The van der Waals surface area contributed by atoms with Crippen molar-refractivity contribution < 1.29 is 23.1 Å². The van der Waals surface area contributed by atoms with Crippen molar-refractivity contribution in [2.24, 2.45) is 5.92 Å². The van der Waals surface area contributed by atoms with E-state index in [1.165, 1.54) is 4.90 Å². The molecule has 1 heterocycles. The molecule has 1 saturated heterocycles. The van der Waals surface area contributed by atoms with E-state index in [1.807, 2.05) is 0 Å². The Morgan fingerprint density at radius 3 is 2.65 bits per heavy atom. The summed E-state index contributed by atoms with van der Waals surface area (Å²) in [4.78, 5) is 25.3. The Morgan fingerprint density at radius 2 is 2.04 bits per heavy atom. The van der Waals surface area contributed by atoms with Gasteiger partial charge in [-0.25, -0.2) is 8.42 Å². The van der Waals surface area contributed by atoms with Gasteiger partial charge in [0, 0.05) is 13.1 Å². The highest BCUT2D eigenvalue weighted by Gasteiger charge is 2.29. The molecular formula is C15H20N2O5S. The molecule has 1 aromatic carbocycles. The lowest BCUT2D eigenvalue weighted by molar-refractivity contribution is -0.143. The molecule has 0 spiro atoms. The van der Waals surface area contributed by atoms with Crippen LogP contribution in [-0.4, -0.2) is 49.6 Å². The number of nitrogens with zero attached hydrogens (tertiary/aromatic N) is 1. The van der Waals surface area contributed by atoms with Gasteiger partial charge >= 0.3 is 5.97 Å². The smallest absolute Gasteiger partial charge is 0.308 e. The number of carbonyl (C=O) groups excluding carboxylic acids is 1. The third kappa shape index (κ3) is 4.44. The zero-order valence-corrected chi connectivity index (χ0v) is 13.9. The average molecular weight is 340 g/mol. The predicted molar refractivity (Wildman–Crippen MR) is 85.9 cm³/mol. The summed E-state index contributed by atoms with van der Waals surface area (Å²) in [6.07, 6.45) is 2.17. The maximum atomic E-state index is 12.7. The molecule has 0 radical (unpaired) electrons. The van der Waals surface area contributed by atoms with Crippen LogP contribution in [0.25, 0.3) is 0 Å². The second kappa shape index (κ2) is 6.57. The van der Waals surface area contributed by atoms with E-state index in [2.05, 4.69) is 4.72 Å².